The lowest BCUT2D eigenvalue weighted by molar-refractivity contribution is -0.119. The summed E-state index contributed by atoms with van der Waals surface area (Å²) in [7, 11) is 1.62. The maximum Gasteiger partial charge on any atom is 0.137 e. The third kappa shape index (κ3) is 5.41. The zero-order valence-electron chi connectivity index (χ0n) is 10.0. The standard InChI is InChI=1S/C13H16BrFO2/c1-9(8-17-2)3-13(16)6-10-4-11(14)7-12(15)5-10/h4-5,7,9H,3,6,8H2,1-2H3. The number of methoxy groups -OCH3 is 1. The van der Waals surface area contributed by atoms with E-state index in [1.54, 1.807) is 13.2 Å². The van der Waals surface area contributed by atoms with Crippen LogP contribution in [-0.2, 0) is 16.0 Å². The van der Waals surface area contributed by atoms with Gasteiger partial charge in [0.25, 0.3) is 0 Å². The molecule has 1 aromatic carbocycles. The first-order valence-electron chi connectivity index (χ1n) is 5.47. The van der Waals surface area contributed by atoms with Gasteiger partial charge in [0.1, 0.15) is 11.6 Å². The highest BCUT2D eigenvalue weighted by atomic mass is 79.9. The van der Waals surface area contributed by atoms with Gasteiger partial charge in [-0.2, -0.15) is 0 Å². The zero-order valence-corrected chi connectivity index (χ0v) is 11.6. The molecule has 1 atom stereocenters. The Morgan fingerprint density at radius 2 is 2.18 bits per heavy atom. The minimum absolute atomic E-state index is 0.104. The fourth-order valence-electron chi connectivity index (χ4n) is 1.74. The van der Waals surface area contributed by atoms with Gasteiger partial charge >= 0.3 is 0 Å². The van der Waals surface area contributed by atoms with Crippen LogP contribution in [0.15, 0.2) is 22.7 Å². The minimum atomic E-state index is -0.327. The summed E-state index contributed by atoms with van der Waals surface area (Å²) in [6.07, 6.45) is 0.729. The first-order chi connectivity index (χ1) is 8.01. The molecule has 17 heavy (non-hydrogen) atoms. The molecule has 0 spiro atoms. The Labute approximate surface area is 109 Å². The summed E-state index contributed by atoms with van der Waals surface area (Å²) in [5.74, 6) is -0.0244. The van der Waals surface area contributed by atoms with Crippen molar-refractivity contribution in [3.05, 3.63) is 34.1 Å². The molecule has 0 aliphatic heterocycles. The summed E-state index contributed by atoms with van der Waals surface area (Å²) >= 11 is 3.21. The van der Waals surface area contributed by atoms with E-state index in [2.05, 4.69) is 15.9 Å². The van der Waals surface area contributed by atoms with E-state index < -0.39 is 0 Å². The highest BCUT2D eigenvalue weighted by Crippen LogP contribution is 2.16. The second kappa shape index (κ2) is 6.87. The number of carbonyl (C=O) groups excluding carboxylic acids is 1. The lowest BCUT2D eigenvalue weighted by atomic mass is 10.0. The van der Waals surface area contributed by atoms with Crippen LogP contribution < -0.4 is 0 Å². The van der Waals surface area contributed by atoms with Gasteiger partial charge in [-0.1, -0.05) is 22.9 Å². The monoisotopic (exact) mass is 302 g/mol. The van der Waals surface area contributed by atoms with Crippen LogP contribution in [0.1, 0.15) is 18.9 Å². The van der Waals surface area contributed by atoms with Crippen LogP contribution >= 0.6 is 15.9 Å². The van der Waals surface area contributed by atoms with Gasteiger partial charge < -0.3 is 4.74 Å². The molecule has 0 amide bonds. The summed E-state index contributed by atoms with van der Waals surface area (Å²) in [6, 6.07) is 4.53. The maximum atomic E-state index is 13.1. The molecule has 4 heteroatoms. The van der Waals surface area contributed by atoms with E-state index in [0.29, 0.717) is 23.1 Å². The van der Waals surface area contributed by atoms with E-state index in [-0.39, 0.29) is 23.9 Å². The van der Waals surface area contributed by atoms with Crippen molar-refractivity contribution in [2.24, 2.45) is 5.92 Å². The Hall–Kier alpha value is -0.740. The van der Waals surface area contributed by atoms with Crippen LogP contribution in [0, 0.1) is 11.7 Å². The number of rotatable bonds is 6. The molecule has 0 radical (unpaired) electrons. The predicted octanol–water partition coefficient (Wildman–Crippen LogP) is 3.37. The summed E-state index contributed by atoms with van der Waals surface area (Å²) in [4.78, 5) is 11.7. The summed E-state index contributed by atoms with van der Waals surface area (Å²) in [5, 5.41) is 0. The molecular formula is C13H16BrFO2. The van der Waals surface area contributed by atoms with Crippen LogP contribution in [0.2, 0.25) is 0 Å². The normalized spacial score (nSPS) is 12.5. The van der Waals surface area contributed by atoms with Gasteiger partial charge in [-0.15, -0.1) is 0 Å². The topological polar surface area (TPSA) is 26.3 Å². The van der Waals surface area contributed by atoms with Gasteiger partial charge in [0, 0.05) is 31.0 Å². The van der Waals surface area contributed by atoms with E-state index >= 15 is 0 Å². The third-order valence-corrected chi connectivity index (χ3v) is 2.81. The second-order valence-electron chi connectivity index (χ2n) is 4.26. The molecule has 0 aliphatic carbocycles. The summed E-state index contributed by atoms with van der Waals surface area (Å²) in [6.45, 7) is 2.53. The van der Waals surface area contributed by atoms with Crippen LogP contribution in [0.3, 0.4) is 0 Å². The van der Waals surface area contributed by atoms with Gasteiger partial charge in [-0.05, 0) is 29.7 Å². The third-order valence-electron chi connectivity index (χ3n) is 2.35. The number of ketones is 1. The Morgan fingerprint density at radius 1 is 1.47 bits per heavy atom. The Morgan fingerprint density at radius 3 is 2.76 bits per heavy atom. The highest BCUT2D eigenvalue weighted by molar-refractivity contribution is 9.10. The molecule has 1 aromatic rings. The molecule has 0 saturated carbocycles. The molecule has 0 N–H and O–H groups in total. The van der Waals surface area contributed by atoms with Crippen molar-refractivity contribution < 1.29 is 13.9 Å². The molecule has 0 aromatic heterocycles. The van der Waals surface area contributed by atoms with Crippen LogP contribution in [-0.4, -0.2) is 19.5 Å². The van der Waals surface area contributed by atoms with Crippen molar-refractivity contribution in [2.75, 3.05) is 13.7 Å². The van der Waals surface area contributed by atoms with Crippen molar-refractivity contribution in [1.82, 2.24) is 0 Å². The molecule has 2 nitrogen and oxygen atoms in total. The maximum absolute atomic E-state index is 13.1. The molecule has 0 saturated heterocycles. The molecule has 1 unspecified atom stereocenters. The number of halogens is 2. The van der Waals surface area contributed by atoms with Crippen molar-refractivity contribution in [1.29, 1.82) is 0 Å². The fraction of sp³-hybridized carbons (Fsp3) is 0.462. The van der Waals surface area contributed by atoms with Crippen molar-refractivity contribution in [2.45, 2.75) is 19.8 Å². The SMILES string of the molecule is COCC(C)CC(=O)Cc1cc(F)cc(Br)c1. The van der Waals surface area contributed by atoms with Crippen molar-refractivity contribution >= 4 is 21.7 Å². The van der Waals surface area contributed by atoms with E-state index in [1.165, 1.54) is 12.1 Å². The van der Waals surface area contributed by atoms with Gasteiger partial charge in [-0.3, -0.25) is 4.79 Å². The van der Waals surface area contributed by atoms with E-state index in [9.17, 15) is 9.18 Å². The quantitative estimate of drug-likeness (QED) is 0.805. The predicted molar refractivity (Wildman–Crippen MR) is 68.5 cm³/mol. The van der Waals surface area contributed by atoms with Gasteiger partial charge in [0.2, 0.25) is 0 Å². The largest absolute Gasteiger partial charge is 0.384 e. The Bertz CT molecular complexity index is 373. The van der Waals surface area contributed by atoms with Crippen molar-refractivity contribution in [3.63, 3.8) is 0 Å². The number of Topliss-reactive ketones (excluding diaryl/α,β-unsaturated/α-hetero) is 1. The van der Waals surface area contributed by atoms with Crippen LogP contribution in [0.5, 0.6) is 0 Å². The van der Waals surface area contributed by atoms with Gasteiger partial charge in [0.15, 0.2) is 0 Å². The van der Waals surface area contributed by atoms with Gasteiger partial charge in [0.05, 0.1) is 0 Å². The molecule has 94 valence electrons. The lowest BCUT2D eigenvalue weighted by Gasteiger charge is -2.09. The van der Waals surface area contributed by atoms with Crippen LogP contribution in [0.25, 0.3) is 0 Å². The Balaban J connectivity index is 2.56. The minimum Gasteiger partial charge on any atom is -0.384 e. The molecular weight excluding hydrogens is 287 g/mol. The second-order valence-corrected chi connectivity index (χ2v) is 5.17. The Kier molecular flexibility index (Phi) is 5.78. The van der Waals surface area contributed by atoms with Gasteiger partial charge in [-0.25, -0.2) is 4.39 Å². The molecule has 0 heterocycles. The average Bonchev–Trinajstić information content (AvgIpc) is 2.14. The summed E-state index contributed by atoms with van der Waals surface area (Å²) in [5.41, 5.74) is 0.700. The number of carbonyl (C=O) groups is 1. The van der Waals surface area contributed by atoms with E-state index in [0.717, 1.165) is 0 Å². The first kappa shape index (κ1) is 14.3. The zero-order chi connectivity index (χ0) is 12.8. The number of hydrogen-bond acceptors (Lipinski definition) is 2. The number of ether oxygens (including phenoxy) is 1. The molecule has 0 fully saturated rings. The van der Waals surface area contributed by atoms with E-state index in [1.807, 2.05) is 6.92 Å². The first-order valence-corrected chi connectivity index (χ1v) is 6.26. The summed E-state index contributed by atoms with van der Waals surface area (Å²) < 4.78 is 18.7. The lowest BCUT2D eigenvalue weighted by Crippen LogP contribution is -2.12. The molecule has 1 rings (SSSR count). The molecule has 0 bridgehead atoms. The van der Waals surface area contributed by atoms with Crippen molar-refractivity contribution in [3.8, 4) is 0 Å². The average molecular weight is 303 g/mol. The number of benzene rings is 1. The van der Waals surface area contributed by atoms with Crippen LogP contribution in [0.4, 0.5) is 4.39 Å². The number of hydrogen-bond donors (Lipinski definition) is 0. The molecule has 0 aliphatic rings. The highest BCUT2D eigenvalue weighted by Gasteiger charge is 2.10. The smallest absolute Gasteiger partial charge is 0.137 e. The van der Waals surface area contributed by atoms with E-state index in [4.69, 9.17) is 4.74 Å². The fourth-order valence-corrected chi connectivity index (χ4v) is 2.26.